The van der Waals surface area contributed by atoms with Gasteiger partial charge in [-0.15, -0.1) is 0 Å². The molecule has 0 fully saturated rings. The average molecular weight is 422 g/mol. The Balaban J connectivity index is 1.35. The van der Waals surface area contributed by atoms with Crippen molar-refractivity contribution in [1.82, 2.24) is 5.32 Å². The highest BCUT2D eigenvalue weighted by atomic mass is 16.5. The van der Waals surface area contributed by atoms with E-state index < -0.39 is 0 Å². The topological polar surface area (TPSA) is 81.0 Å². The number of amides is 2. The summed E-state index contributed by atoms with van der Waals surface area (Å²) in [5, 5.41) is 3.84. The number of benzene rings is 2. The van der Waals surface area contributed by atoms with Gasteiger partial charge in [0, 0.05) is 18.2 Å². The van der Waals surface area contributed by atoms with Crippen molar-refractivity contribution in [3.8, 4) is 11.5 Å². The van der Waals surface area contributed by atoms with Gasteiger partial charge in [0.2, 0.25) is 11.8 Å². The zero-order chi connectivity index (χ0) is 21.8. The maximum atomic E-state index is 12.7. The van der Waals surface area contributed by atoms with Gasteiger partial charge in [-0.05, 0) is 38.1 Å². The molecule has 0 saturated heterocycles. The summed E-state index contributed by atoms with van der Waals surface area (Å²) in [6.45, 7) is 5.25. The number of carbonyl (C=O) groups is 2. The molecule has 1 aromatic heterocycles. The second-order valence-electron chi connectivity index (χ2n) is 7.41. The molecule has 1 unspecified atom stereocenters. The predicted octanol–water partition coefficient (Wildman–Crippen LogP) is 4.21. The van der Waals surface area contributed by atoms with E-state index in [-0.39, 0.29) is 30.7 Å². The SMILES string of the molecule is CCOc1cccc2cc(C(C)NC(=O)CCC(=O)N3CCOc4ccccc43)oc12. The molecule has 1 N–H and O–H groups in total. The molecule has 1 aliphatic heterocycles. The van der Waals surface area contributed by atoms with Gasteiger partial charge >= 0.3 is 0 Å². The number of nitrogens with zero attached hydrogens (tertiary/aromatic N) is 1. The molecule has 31 heavy (non-hydrogen) atoms. The molecule has 3 aromatic rings. The lowest BCUT2D eigenvalue weighted by atomic mass is 10.1. The number of hydrogen-bond acceptors (Lipinski definition) is 5. The molecule has 2 heterocycles. The average Bonchev–Trinajstić information content (AvgIpc) is 3.23. The third kappa shape index (κ3) is 4.50. The number of furan rings is 1. The van der Waals surface area contributed by atoms with E-state index in [9.17, 15) is 9.59 Å². The summed E-state index contributed by atoms with van der Waals surface area (Å²) in [6, 6.07) is 14.7. The second kappa shape index (κ2) is 9.12. The quantitative estimate of drug-likeness (QED) is 0.617. The fourth-order valence-electron chi connectivity index (χ4n) is 3.71. The van der Waals surface area contributed by atoms with Crippen LogP contribution in [0, 0.1) is 0 Å². The van der Waals surface area contributed by atoms with Gasteiger partial charge in [0.25, 0.3) is 0 Å². The fourth-order valence-corrected chi connectivity index (χ4v) is 3.71. The molecule has 0 bridgehead atoms. The molecule has 1 atom stereocenters. The molecule has 7 nitrogen and oxygen atoms in total. The number of nitrogens with one attached hydrogen (secondary N) is 1. The van der Waals surface area contributed by atoms with Crippen molar-refractivity contribution in [3.63, 3.8) is 0 Å². The second-order valence-corrected chi connectivity index (χ2v) is 7.41. The first-order chi connectivity index (χ1) is 15.1. The molecule has 7 heteroatoms. The van der Waals surface area contributed by atoms with Crippen LogP contribution in [-0.4, -0.2) is 31.6 Å². The minimum absolute atomic E-state index is 0.0938. The number of rotatable bonds is 7. The molecule has 2 aromatic carbocycles. The van der Waals surface area contributed by atoms with E-state index >= 15 is 0 Å². The van der Waals surface area contributed by atoms with Crippen LogP contribution < -0.4 is 19.7 Å². The largest absolute Gasteiger partial charge is 0.490 e. The highest BCUT2D eigenvalue weighted by molar-refractivity contribution is 5.97. The van der Waals surface area contributed by atoms with Crippen LogP contribution in [0.25, 0.3) is 11.0 Å². The summed E-state index contributed by atoms with van der Waals surface area (Å²) < 4.78 is 17.1. The summed E-state index contributed by atoms with van der Waals surface area (Å²) in [7, 11) is 0. The summed E-state index contributed by atoms with van der Waals surface area (Å²) in [6.07, 6.45) is 0.231. The molecule has 4 rings (SSSR count). The van der Waals surface area contributed by atoms with Gasteiger partial charge in [0.05, 0.1) is 24.9 Å². The number of ether oxygens (including phenoxy) is 2. The van der Waals surface area contributed by atoms with Crippen LogP contribution in [0.2, 0.25) is 0 Å². The van der Waals surface area contributed by atoms with E-state index in [1.165, 1.54) is 0 Å². The minimum atomic E-state index is -0.325. The van der Waals surface area contributed by atoms with E-state index in [4.69, 9.17) is 13.9 Å². The standard InChI is InChI=1S/C24H26N2O5/c1-3-29-20-10-6-7-17-15-21(31-24(17)20)16(2)25-22(27)11-12-23(28)26-13-14-30-19-9-5-4-8-18(19)26/h4-10,15-16H,3,11-14H2,1-2H3,(H,25,27). The molecule has 162 valence electrons. The van der Waals surface area contributed by atoms with Gasteiger partial charge in [-0.1, -0.05) is 24.3 Å². The van der Waals surface area contributed by atoms with Crippen molar-refractivity contribution >= 4 is 28.5 Å². The maximum absolute atomic E-state index is 12.7. The molecule has 2 amide bonds. The van der Waals surface area contributed by atoms with Crippen LogP contribution in [0.1, 0.15) is 38.5 Å². The lowest BCUT2D eigenvalue weighted by molar-refractivity contribution is -0.125. The third-order valence-corrected chi connectivity index (χ3v) is 5.23. The Bertz CT molecular complexity index is 1090. The van der Waals surface area contributed by atoms with Gasteiger partial charge in [0.15, 0.2) is 11.3 Å². The van der Waals surface area contributed by atoms with E-state index in [0.29, 0.717) is 42.6 Å². The molecule has 0 saturated carbocycles. The first-order valence-electron chi connectivity index (χ1n) is 10.5. The zero-order valence-corrected chi connectivity index (χ0v) is 17.7. The van der Waals surface area contributed by atoms with E-state index in [0.717, 1.165) is 11.1 Å². The van der Waals surface area contributed by atoms with E-state index in [1.807, 2.05) is 62.4 Å². The van der Waals surface area contributed by atoms with Crippen LogP contribution in [0.5, 0.6) is 11.5 Å². The van der Waals surface area contributed by atoms with Crippen molar-refractivity contribution in [2.45, 2.75) is 32.7 Å². The number of anilines is 1. The van der Waals surface area contributed by atoms with Crippen LogP contribution in [0.3, 0.4) is 0 Å². The van der Waals surface area contributed by atoms with Gasteiger partial charge in [0.1, 0.15) is 18.1 Å². The number of carbonyl (C=O) groups excluding carboxylic acids is 2. The van der Waals surface area contributed by atoms with Gasteiger partial charge in [-0.25, -0.2) is 0 Å². The normalized spacial score (nSPS) is 13.9. The van der Waals surface area contributed by atoms with Crippen molar-refractivity contribution in [2.75, 3.05) is 24.7 Å². The lowest BCUT2D eigenvalue weighted by Gasteiger charge is -2.29. The molecule has 0 spiro atoms. The molecular weight excluding hydrogens is 396 g/mol. The highest BCUT2D eigenvalue weighted by Crippen LogP contribution is 2.32. The summed E-state index contributed by atoms with van der Waals surface area (Å²) >= 11 is 0. The summed E-state index contributed by atoms with van der Waals surface area (Å²) in [5.41, 5.74) is 1.42. The fraction of sp³-hybridized carbons (Fsp3) is 0.333. The molecular formula is C24H26N2O5. The Morgan fingerprint density at radius 1 is 1.16 bits per heavy atom. The maximum Gasteiger partial charge on any atom is 0.227 e. The Labute approximate surface area is 180 Å². The van der Waals surface area contributed by atoms with Crippen LogP contribution in [-0.2, 0) is 9.59 Å². The minimum Gasteiger partial charge on any atom is -0.490 e. The summed E-state index contributed by atoms with van der Waals surface area (Å²) in [5.74, 6) is 1.72. The van der Waals surface area contributed by atoms with Crippen molar-refractivity contribution < 1.29 is 23.5 Å². The van der Waals surface area contributed by atoms with Gasteiger partial charge in [-0.3, -0.25) is 9.59 Å². The number of hydrogen-bond donors (Lipinski definition) is 1. The Morgan fingerprint density at radius 2 is 2.00 bits per heavy atom. The first kappa shape index (κ1) is 20.8. The van der Waals surface area contributed by atoms with E-state index in [2.05, 4.69) is 5.32 Å². The Hall–Kier alpha value is -3.48. The van der Waals surface area contributed by atoms with Gasteiger partial charge < -0.3 is 24.1 Å². The number of para-hydroxylation sites is 3. The molecule has 0 radical (unpaired) electrons. The highest BCUT2D eigenvalue weighted by Gasteiger charge is 2.24. The van der Waals surface area contributed by atoms with Crippen molar-refractivity contribution in [1.29, 1.82) is 0 Å². The smallest absolute Gasteiger partial charge is 0.227 e. The van der Waals surface area contributed by atoms with Crippen molar-refractivity contribution in [3.05, 3.63) is 54.3 Å². The molecule has 1 aliphatic rings. The van der Waals surface area contributed by atoms with Crippen LogP contribution in [0.4, 0.5) is 5.69 Å². The van der Waals surface area contributed by atoms with Gasteiger partial charge in [-0.2, -0.15) is 0 Å². The van der Waals surface area contributed by atoms with Crippen LogP contribution in [0.15, 0.2) is 52.9 Å². The van der Waals surface area contributed by atoms with E-state index in [1.54, 1.807) is 4.90 Å². The summed E-state index contributed by atoms with van der Waals surface area (Å²) in [4.78, 5) is 26.9. The predicted molar refractivity (Wildman–Crippen MR) is 117 cm³/mol. The zero-order valence-electron chi connectivity index (χ0n) is 17.7. The first-order valence-corrected chi connectivity index (χ1v) is 10.5. The van der Waals surface area contributed by atoms with Crippen molar-refractivity contribution in [2.24, 2.45) is 0 Å². The number of fused-ring (bicyclic) bond motifs is 2. The lowest BCUT2D eigenvalue weighted by Crippen LogP contribution is -2.38. The monoisotopic (exact) mass is 422 g/mol. The van der Waals surface area contributed by atoms with Crippen LogP contribution >= 0.6 is 0 Å². The Kier molecular flexibility index (Phi) is 6.11. The molecule has 0 aliphatic carbocycles. The Morgan fingerprint density at radius 3 is 2.84 bits per heavy atom. The third-order valence-electron chi connectivity index (χ3n) is 5.23.